The number of ether oxygens (including phenoxy) is 12. The van der Waals surface area contributed by atoms with Gasteiger partial charge in [-0.3, -0.25) is 37.7 Å². The summed E-state index contributed by atoms with van der Waals surface area (Å²) in [7, 11) is -6.04. The maximum Gasteiger partial charge on any atom is 0.510 e. The maximum atomic E-state index is 14.5. The van der Waals surface area contributed by atoms with Gasteiger partial charge >= 0.3 is 18.2 Å². The van der Waals surface area contributed by atoms with Gasteiger partial charge in [-0.2, -0.15) is 0 Å². The van der Waals surface area contributed by atoms with Gasteiger partial charge in [-0.05, 0) is 99.6 Å². The number of urea groups is 1. The number of rotatable bonds is 58. The van der Waals surface area contributed by atoms with Crippen molar-refractivity contribution in [3.05, 3.63) is 123 Å². The minimum Gasteiger partial charge on any atom is -0.457 e. The van der Waals surface area contributed by atoms with E-state index in [9.17, 15) is 55.8 Å². The number of fused-ring (bicyclic) bond motifs is 5. The van der Waals surface area contributed by atoms with Gasteiger partial charge < -0.3 is 93.7 Å². The minimum atomic E-state index is -3.48. The number of nitrogens with zero attached hydrogens (tertiary/aromatic N) is 8. The van der Waals surface area contributed by atoms with Crippen LogP contribution in [0.3, 0.4) is 0 Å². The highest BCUT2D eigenvalue weighted by molar-refractivity contribution is 7.97. The van der Waals surface area contributed by atoms with E-state index in [1.54, 1.807) is 72.8 Å². The van der Waals surface area contributed by atoms with Gasteiger partial charge in [0.2, 0.25) is 44.2 Å². The normalized spacial score (nSPS) is 14.5. The Hall–Kier alpha value is -10.3. The molecule has 2 aliphatic heterocycles. The third kappa shape index (κ3) is 32.4. The summed E-state index contributed by atoms with van der Waals surface area (Å²) in [4.78, 5) is 132. The van der Waals surface area contributed by atoms with E-state index in [4.69, 9.17) is 67.6 Å². The van der Waals surface area contributed by atoms with Crippen molar-refractivity contribution in [3.8, 4) is 23.2 Å². The van der Waals surface area contributed by atoms with E-state index < -0.39 is 103 Å². The Morgan fingerprint density at radius 2 is 1.35 bits per heavy atom. The van der Waals surface area contributed by atoms with Gasteiger partial charge in [-0.1, -0.05) is 68.2 Å². The van der Waals surface area contributed by atoms with E-state index in [1.165, 1.54) is 12.4 Å². The van der Waals surface area contributed by atoms with Crippen molar-refractivity contribution in [1.29, 1.82) is 0 Å². The first-order chi connectivity index (χ1) is 59.5. The molecule has 6 amide bonds. The summed E-state index contributed by atoms with van der Waals surface area (Å²) < 4.78 is 108. The Kier molecular flexibility index (Phi) is 41.0. The molecule has 0 aliphatic carbocycles. The zero-order valence-corrected chi connectivity index (χ0v) is 73.1. The van der Waals surface area contributed by atoms with Crippen molar-refractivity contribution in [2.24, 2.45) is 17.6 Å². The first-order valence-electron chi connectivity index (χ1n) is 41.2. The van der Waals surface area contributed by atoms with E-state index in [-0.39, 0.29) is 113 Å². The number of benzene rings is 2. The lowest BCUT2D eigenvalue weighted by molar-refractivity contribution is -0.175. The van der Waals surface area contributed by atoms with Gasteiger partial charge in [-0.25, -0.2) is 42.1 Å². The Morgan fingerprint density at radius 3 is 1.95 bits per heavy atom. The van der Waals surface area contributed by atoms with Crippen LogP contribution >= 0.6 is 0 Å². The number of carbonyl (C=O) groups excluding carboxylic acids is 8. The monoisotopic (exact) mass is 1770 g/mol. The van der Waals surface area contributed by atoms with E-state index in [1.807, 2.05) is 42.4 Å². The Balaban J connectivity index is 0.617. The molecule has 8 rings (SSSR count). The zero-order chi connectivity index (χ0) is 89.4. The molecule has 6 aromatic rings. The number of sulfone groups is 1. The molecule has 0 radical (unpaired) electrons. The average Bonchev–Trinajstić information content (AvgIpc) is 1.53. The molecular formula is C84H116N14O24S2. The molecule has 6 heterocycles. The van der Waals surface area contributed by atoms with Gasteiger partial charge in [-0.15, -0.1) is 5.10 Å². The molecule has 0 fully saturated rings. The van der Waals surface area contributed by atoms with E-state index in [0.717, 1.165) is 22.8 Å². The fourth-order valence-corrected chi connectivity index (χ4v) is 15.3. The smallest absolute Gasteiger partial charge is 0.457 e. The summed E-state index contributed by atoms with van der Waals surface area (Å²) in [6.07, 6.45) is 8.37. The number of unbranched alkanes of at least 4 members (excludes halogenated alkanes) is 1. The largest absolute Gasteiger partial charge is 0.510 e. The molecule has 40 heteroatoms. The molecular weight excluding hydrogens is 1650 g/mol. The number of nitrogens with two attached hydrogens (primary N) is 1. The second kappa shape index (κ2) is 51.2. The number of aromatic nitrogens is 7. The van der Waals surface area contributed by atoms with Gasteiger partial charge in [0.15, 0.2) is 5.78 Å². The molecule has 0 bridgehead atoms. The topological polar surface area (TPSA) is 479 Å². The first-order valence-corrected chi connectivity index (χ1v) is 45.2. The summed E-state index contributed by atoms with van der Waals surface area (Å²) in [6.45, 7) is 15.1. The lowest BCUT2D eigenvalue weighted by Crippen LogP contribution is -2.47. The number of para-hydroxylation sites is 1. The Bertz CT molecular complexity index is 4890. The van der Waals surface area contributed by atoms with Crippen LogP contribution in [-0.2, 0) is 150 Å². The lowest BCUT2D eigenvalue weighted by atomic mass is 9.85. The maximum absolute atomic E-state index is 14.5. The number of ketones is 1. The van der Waals surface area contributed by atoms with Crippen LogP contribution in [0.25, 0.3) is 22.3 Å². The number of primary amides is 1. The van der Waals surface area contributed by atoms with Crippen molar-refractivity contribution >= 4 is 89.6 Å². The SMILES string of the molecule is C=S(C)(=O)N(CCc1c2c(nc3ccccc13)-c1cc3c(c(=O)n1C2)COC(=O)[C@@]3(CC)OC(=O)OCc1ccc(NC(=O)[C@H](CCCNC(N)=O)CC(=O)[C@@H](NC(=O)COCC(=O)NCCOCCOCCOCCOCCOCCOCCOCCOCCCn2cc(CNC(=O)CCCC#Cc3cnc(S(C)(=O)=O)nc3)nn2)C(C)C)cc1)C(C)C. The predicted octanol–water partition coefficient (Wildman–Crippen LogP) is 4.04. The van der Waals surface area contributed by atoms with Crippen LogP contribution in [-0.4, -0.2) is 268 Å². The predicted molar refractivity (Wildman–Crippen MR) is 455 cm³/mol. The number of aryl methyl sites for hydroxylation is 1. The van der Waals surface area contributed by atoms with E-state index in [0.29, 0.717) is 171 Å². The number of hydrogen-bond donors (Lipinski definition) is 6. The molecule has 2 aromatic carbocycles. The third-order valence-corrected chi connectivity index (χ3v) is 22.1. The summed E-state index contributed by atoms with van der Waals surface area (Å²) in [5.74, 6) is 5.19. The van der Waals surface area contributed by atoms with Gasteiger partial charge in [0, 0.05) is 121 Å². The number of esters is 1. The van der Waals surface area contributed by atoms with Crippen molar-refractivity contribution < 1.29 is 108 Å². The molecule has 2 aliphatic rings. The number of carbonyl (C=O) groups is 8. The summed E-state index contributed by atoms with van der Waals surface area (Å²) in [5, 5.41) is 22.3. The van der Waals surface area contributed by atoms with Gasteiger partial charge in [0.1, 0.15) is 32.1 Å². The molecule has 0 saturated heterocycles. The van der Waals surface area contributed by atoms with Crippen LogP contribution in [0.2, 0.25) is 0 Å². The molecule has 0 spiro atoms. The molecule has 1 unspecified atom stereocenters. The Morgan fingerprint density at radius 1 is 0.726 bits per heavy atom. The zero-order valence-electron chi connectivity index (χ0n) is 71.5. The standard InChI is InChI=1S/C84H116N14O24S2/c1-9-84(69-48-71-77-67(53-97(71)79(104)68(69)55-120-80(84)105)65(66-19-13-14-20-70(66)92-77)26-30-98(59(4)5)123(6,7)108)122-83(107)121-54-60-22-24-63(25-23-60)91-78(103)62(18-15-27-87-81(85)106)47-72(99)76(58(2)3)93-75(102)57-119-56-74(101)86-28-32-112-34-36-114-38-40-116-42-44-118-46-45-117-43-41-115-39-37-113-35-33-111-31-16-29-96-52-64(94-95-96)51-88-73(100)21-12-10-11-17-61-49-89-82(90-50-61)124(8,109)110/h13-14,19-20,22-25,48-50,52,58-59,62,76H,6,9-10,12,15-16,18,21,26-47,51,53-57H2,1-5,7-8H3,(H,86,101)(H,88,100)(H,91,103)(H,93,102)(H3,85,87,106)/t62-,76+,84+,123?/m1/s1. The number of hydrogen-bond acceptors (Lipinski definition) is 29. The van der Waals surface area contributed by atoms with Crippen molar-refractivity contribution in [3.63, 3.8) is 0 Å². The first kappa shape index (κ1) is 99.1. The van der Waals surface area contributed by atoms with Crippen LogP contribution in [0, 0.1) is 23.7 Å². The second-order valence-electron chi connectivity index (χ2n) is 29.9. The highest BCUT2D eigenvalue weighted by atomic mass is 32.2. The van der Waals surface area contributed by atoms with E-state index >= 15 is 0 Å². The quantitative estimate of drug-likeness (QED) is 0.0103. The second-order valence-corrected chi connectivity index (χ2v) is 34.2. The fraction of sp³-hybridized carbons (Fsp3) is 0.560. The average molecular weight is 1770 g/mol. The molecule has 4 aromatic heterocycles. The van der Waals surface area contributed by atoms with Crippen molar-refractivity contribution in [2.45, 2.75) is 148 Å². The molecule has 4 atom stereocenters. The highest BCUT2D eigenvalue weighted by Gasteiger charge is 2.51. The van der Waals surface area contributed by atoms with Crippen LogP contribution in [0.15, 0.2) is 83.1 Å². The number of amides is 6. The van der Waals surface area contributed by atoms with Crippen LogP contribution in [0.1, 0.15) is 125 Å². The van der Waals surface area contributed by atoms with Gasteiger partial charge in [0.25, 0.3) is 5.56 Å². The number of Topliss-reactive ketones (excluding diaryl/α,β-unsaturated/α-hetero) is 1. The van der Waals surface area contributed by atoms with Crippen LogP contribution in [0.4, 0.5) is 15.3 Å². The number of nitrogens with one attached hydrogen (secondary N) is 5. The van der Waals surface area contributed by atoms with Crippen LogP contribution in [0.5, 0.6) is 0 Å². The lowest BCUT2D eigenvalue weighted by Gasteiger charge is -2.35. The highest BCUT2D eigenvalue weighted by Crippen LogP contribution is 2.43. The molecule has 678 valence electrons. The number of anilines is 1. The molecule has 124 heavy (non-hydrogen) atoms. The summed E-state index contributed by atoms with van der Waals surface area (Å²) >= 11 is 0. The summed E-state index contributed by atoms with van der Waals surface area (Å²) in [6, 6.07) is 13.7. The van der Waals surface area contributed by atoms with Crippen LogP contribution < -0.4 is 37.9 Å². The minimum absolute atomic E-state index is 0.0611. The number of pyridine rings is 2. The fourth-order valence-electron chi connectivity index (χ4n) is 13.4. The Labute approximate surface area is 721 Å². The van der Waals surface area contributed by atoms with E-state index in [2.05, 4.69) is 64.6 Å². The number of cyclic esters (lactones) is 1. The molecule has 38 nitrogen and oxygen atoms in total. The molecule has 0 saturated carbocycles. The van der Waals surface area contributed by atoms with Crippen molar-refractivity contribution in [2.75, 3.05) is 156 Å². The third-order valence-electron chi connectivity index (χ3n) is 19.6. The van der Waals surface area contributed by atoms with Crippen molar-refractivity contribution in [1.82, 2.24) is 60.1 Å². The molecule has 7 N–H and O–H groups in total. The van der Waals surface area contributed by atoms with Gasteiger partial charge in [0.05, 0.1) is 152 Å². The summed E-state index contributed by atoms with van der Waals surface area (Å²) in [5.41, 5.74) is 8.30.